The fourth-order valence-corrected chi connectivity index (χ4v) is 1.93. The van der Waals surface area contributed by atoms with Crippen LogP contribution >= 0.6 is 24.8 Å². The van der Waals surface area contributed by atoms with E-state index in [1.54, 1.807) is 11.1 Å². The molecule has 0 bridgehead atoms. The highest BCUT2D eigenvalue weighted by atomic mass is 35.5. The number of halogens is 2. The van der Waals surface area contributed by atoms with Gasteiger partial charge in [-0.15, -0.1) is 24.8 Å². The predicted octanol–water partition coefficient (Wildman–Crippen LogP) is 5.18. The number of hydrogen-bond donors (Lipinski definition) is 0. The molecule has 0 aromatic rings. The first-order chi connectivity index (χ1) is 5.73. The molecule has 2 heteroatoms. The minimum absolute atomic E-state index is 0. The van der Waals surface area contributed by atoms with Crippen molar-refractivity contribution in [3.05, 3.63) is 23.3 Å². The lowest BCUT2D eigenvalue weighted by Gasteiger charge is -2.31. The molecule has 90 valence electrons. The van der Waals surface area contributed by atoms with Gasteiger partial charge in [-0.2, -0.15) is 0 Å². The molecule has 0 atom stereocenters. The van der Waals surface area contributed by atoms with Crippen LogP contribution in [-0.2, 0) is 0 Å². The summed E-state index contributed by atoms with van der Waals surface area (Å²) in [5.74, 6) is 0. The minimum Gasteiger partial charge on any atom is -0.147 e. The van der Waals surface area contributed by atoms with Crippen molar-refractivity contribution in [2.75, 3.05) is 0 Å². The van der Waals surface area contributed by atoms with Crippen LogP contribution in [0, 0.1) is 10.8 Å². The van der Waals surface area contributed by atoms with Gasteiger partial charge in [0.05, 0.1) is 0 Å². The fourth-order valence-electron chi connectivity index (χ4n) is 1.93. The molecule has 0 aliphatic heterocycles. The maximum atomic E-state index is 2.38. The van der Waals surface area contributed by atoms with E-state index >= 15 is 0 Å². The number of rotatable bonds is 0. The van der Waals surface area contributed by atoms with Gasteiger partial charge in [0.25, 0.3) is 0 Å². The van der Waals surface area contributed by atoms with Gasteiger partial charge in [-0.05, 0) is 28.4 Å². The highest BCUT2D eigenvalue weighted by molar-refractivity contribution is 5.85. The summed E-state index contributed by atoms with van der Waals surface area (Å²) >= 11 is 0. The zero-order valence-electron chi connectivity index (χ0n) is 10.7. The molecule has 0 N–H and O–H groups in total. The average Bonchev–Trinajstić information content (AvgIpc) is 2.27. The van der Waals surface area contributed by atoms with Gasteiger partial charge in [0.1, 0.15) is 0 Å². The first-order valence-corrected chi connectivity index (χ1v) is 5.14. The van der Waals surface area contributed by atoms with Gasteiger partial charge in [-0.3, -0.25) is 0 Å². The van der Waals surface area contributed by atoms with Gasteiger partial charge in [0.15, 0.2) is 0 Å². The Kier molecular flexibility index (Phi) is 6.29. The van der Waals surface area contributed by atoms with E-state index in [2.05, 4.69) is 53.7 Å². The van der Waals surface area contributed by atoms with E-state index in [0.717, 1.165) is 6.42 Å². The quantitative estimate of drug-likeness (QED) is 0.556. The Morgan fingerprint density at radius 1 is 0.733 bits per heavy atom. The van der Waals surface area contributed by atoms with E-state index < -0.39 is 0 Å². The maximum absolute atomic E-state index is 2.38. The minimum atomic E-state index is 0. The summed E-state index contributed by atoms with van der Waals surface area (Å²) in [5.41, 5.74) is 3.69. The van der Waals surface area contributed by atoms with Crippen molar-refractivity contribution < 1.29 is 0 Å². The summed E-state index contributed by atoms with van der Waals surface area (Å²) in [6.07, 6.45) is 5.88. The van der Waals surface area contributed by atoms with Gasteiger partial charge in [-0.25, -0.2) is 0 Å². The van der Waals surface area contributed by atoms with Gasteiger partial charge >= 0.3 is 0 Å². The molecule has 0 radical (unpaired) electrons. The van der Waals surface area contributed by atoms with Crippen molar-refractivity contribution in [1.29, 1.82) is 0 Å². The lowest BCUT2D eigenvalue weighted by Crippen LogP contribution is -2.18. The third-order valence-electron chi connectivity index (χ3n) is 2.55. The molecule has 0 saturated carbocycles. The Hall–Kier alpha value is 0.0600. The SMILES string of the molecule is CC(C)(C)C1=CCC=C1C(C)(C)C.Cl.Cl. The first-order valence-electron chi connectivity index (χ1n) is 5.14. The van der Waals surface area contributed by atoms with E-state index in [9.17, 15) is 0 Å². The standard InChI is InChI=1S/C13H22.2ClH/c1-12(2,3)10-8-7-9-11(10)13(4,5)6;;/h8-9H,7H2,1-6H3;2*1H. The first kappa shape index (κ1) is 17.5. The van der Waals surface area contributed by atoms with Crippen LogP contribution in [-0.4, -0.2) is 0 Å². The Labute approximate surface area is 107 Å². The predicted molar refractivity (Wildman–Crippen MR) is 74.2 cm³/mol. The Morgan fingerprint density at radius 2 is 1.00 bits per heavy atom. The molecule has 0 nitrogen and oxygen atoms in total. The lowest BCUT2D eigenvalue weighted by molar-refractivity contribution is 0.449. The monoisotopic (exact) mass is 250 g/mol. The molecule has 0 heterocycles. The zero-order valence-corrected chi connectivity index (χ0v) is 12.3. The highest BCUT2D eigenvalue weighted by Crippen LogP contribution is 2.43. The van der Waals surface area contributed by atoms with E-state index in [0.29, 0.717) is 10.8 Å². The molecule has 0 aromatic heterocycles. The lowest BCUT2D eigenvalue weighted by atomic mass is 9.74. The summed E-state index contributed by atoms with van der Waals surface area (Å²) in [4.78, 5) is 0. The normalized spacial score (nSPS) is 16.1. The van der Waals surface area contributed by atoms with Crippen LogP contribution in [0.3, 0.4) is 0 Å². The summed E-state index contributed by atoms with van der Waals surface area (Å²) in [7, 11) is 0. The molecule has 15 heavy (non-hydrogen) atoms. The summed E-state index contributed by atoms with van der Waals surface area (Å²) < 4.78 is 0. The largest absolute Gasteiger partial charge is 0.147 e. The van der Waals surface area contributed by atoms with Crippen molar-refractivity contribution in [2.24, 2.45) is 10.8 Å². The maximum Gasteiger partial charge on any atom is -0.0132 e. The fraction of sp³-hybridized carbons (Fsp3) is 0.692. The van der Waals surface area contributed by atoms with Crippen molar-refractivity contribution in [3.8, 4) is 0 Å². The molecule has 0 unspecified atom stereocenters. The number of allylic oxidation sites excluding steroid dienone is 4. The summed E-state index contributed by atoms with van der Waals surface area (Å²) in [6, 6.07) is 0. The van der Waals surface area contributed by atoms with Crippen molar-refractivity contribution in [1.82, 2.24) is 0 Å². The van der Waals surface area contributed by atoms with Gasteiger partial charge in [0, 0.05) is 0 Å². The van der Waals surface area contributed by atoms with Crippen LogP contribution < -0.4 is 0 Å². The van der Waals surface area contributed by atoms with Crippen LogP contribution in [0.4, 0.5) is 0 Å². The molecule has 1 aliphatic carbocycles. The zero-order chi connectivity index (χ0) is 10.3. The van der Waals surface area contributed by atoms with E-state index in [-0.39, 0.29) is 24.8 Å². The van der Waals surface area contributed by atoms with Gasteiger partial charge < -0.3 is 0 Å². The molecule has 0 amide bonds. The molecule has 0 spiro atoms. The molecule has 0 aromatic carbocycles. The van der Waals surface area contributed by atoms with Crippen molar-refractivity contribution >= 4 is 24.8 Å². The molecular formula is C13H24Cl2. The Bertz CT molecular complexity index is 231. The third kappa shape index (κ3) is 4.20. The van der Waals surface area contributed by atoms with Crippen LogP contribution in [0.2, 0.25) is 0 Å². The Balaban J connectivity index is 0. The molecule has 0 fully saturated rings. The second-order valence-electron chi connectivity index (χ2n) is 5.97. The highest BCUT2D eigenvalue weighted by Gasteiger charge is 2.29. The van der Waals surface area contributed by atoms with E-state index in [1.807, 2.05) is 0 Å². The number of hydrogen-bond acceptors (Lipinski definition) is 0. The molecular weight excluding hydrogens is 227 g/mol. The third-order valence-corrected chi connectivity index (χ3v) is 2.55. The molecule has 0 saturated heterocycles. The molecule has 1 rings (SSSR count). The second kappa shape index (κ2) is 5.41. The van der Waals surface area contributed by atoms with Gasteiger partial charge in [-0.1, -0.05) is 53.7 Å². The topological polar surface area (TPSA) is 0 Å². The summed E-state index contributed by atoms with van der Waals surface area (Å²) in [5, 5.41) is 0. The summed E-state index contributed by atoms with van der Waals surface area (Å²) in [6.45, 7) is 13.8. The van der Waals surface area contributed by atoms with Crippen molar-refractivity contribution in [2.45, 2.75) is 48.0 Å². The van der Waals surface area contributed by atoms with Crippen LogP contribution in [0.15, 0.2) is 23.3 Å². The van der Waals surface area contributed by atoms with E-state index in [1.165, 1.54) is 0 Å². The average molecular weight is 251 g/mol. The Morgan fingerprint density at radius 3 is 1.20 bits per heavy atom. The van der Waals surface area contributed by atoms with Crippen LogP contribution in [0.1, 0.15) is 48.0 Å². The molecule has 1 aliphatic rings. The van der Waals surface area contributed by atoms with Crippen molar-refractivity contribution in [3.63, 3.8) is 0 Å². The smallest absolute Gasteiger partial charge is 0.0132 e. The second-order valence-corrected chi connectivity index (χ2v) is 5.97. The van der Waals surface area contributed by atoms with Crippen LogP contribution in [0.25, 0.3) is 0 Å². The van der Waals surface area contributed by atoms with Crippen LogP contribution in [0.5, 0.6) is 0 Å². The van der Waals surface area contributed by atoms with Gasteiger partial charge in [0.2, 0.25) is 0 Å². The van der Waals surface area contributed by atoms with E-state index in [4.69, 9.17) is 0 Å².